The number of hydrogen-bond donors (Lipinski definition) is 0. The quantitative estimate of drug-likeness (QED) is 0.473. The van der Waals surface area contributed by atoms with Gasteiger partial charge in [0.2, 0.25) is 10.0 Å². The van der Waals surface area contributed by atoms with Crippen LogP contribution in [0.4, 0.5) is 0 Å². The van der Waals surface area contributed by atoms with Gasteiger partial charge in [0.15, 0.2) is 10.6 Å². The molecule has 182 valence electrons. The highest BCUT2D eigenvalue weighted by atomic mass is 32.2. The molecule has 2 heterocycles. The van der Waals surface area contributed by atoms with E-state index in [9.17, 15) is 8.42 Å². The van der Waals surface area contributed by atoms with Crippen LogP contribution in [0.3, 0.4) is 0 Å². The first kappa shape index (κ1) is 24.8. The van der Waals surface area contributed by atoms with Gasteiger partial charge in [-0.15, -0.1) is 0 Å². The van der Waals surface area contributed by atoms with Gasteiger partial charge in [0.1, 0.15) is 0 Å². The Hall–Kier alpha value is -2.33. The summed E-state index contributed by atoms with van der Waals surface area (Å²) in [6.45, 7) is 13.3. The summed E-state index contributed by atoms with van der Waals surface area (Å²) in [5.41, 5.74) is 4.91. The van der Waals surface area contributed by atoms with Crippen molar-refractivity contribution in [1.82, 2.24) is 23.6 Å². The van der Waals surface area contributed by atoms with Crippen LogP contribution in [0.5, 0.6) is 0 Å². The normalized spacial score (nSPS) is 15.7. The van der Waals surface area contributed by atoms with Crippen molar-refractivity contribution in [3.63, 3.8) is 0 Å². The lowest BCUT2D eigenvalue weighted by Gasteiger charge is -2.34. The molecule has 0 saturated carbocycles. The molecule has 1 aliphatic heterocycles. The number of rotatable bonds is 6. The summed E-state index contributed by atoms with van der Waals surface area (Å²) in [5.74, 6) is 0.864. The molecule has 3 aromatic rings. The largest absolute Gasteiger partial charge is 0.300 e. The van der Waals surface area contributed by atoms with Crippen molar-refractivity contribution in [3.8, 4) is 11.4 Å². The zero-order valence-corrected chi connectivity index (χ0v) is 22.2. The van der Waals surface area contributed by atoms with Gasteiger partial charge in [-0.05, 0) is 64.0 Å². The highest BCUT2D eigenvalue weighted by Crippen LogP contribution is 2.26. The van der Waals surface area contributed by atoms with E-state index in [1.54, 1.807) is 4.31 Å². The van der Waals surface area contributed by atoms with Gasteiger partial charge in [0.25, 0.3) is 0 Å². The SMILES string of the molecule is CCn1c(-c2cccc(C)c2)nn(CN2CCN(S(=O)(=O)c3c(C)cc(C)cc3C)CC2)c1=S. The van der Waals surface area contributed by atoms with E-state index < -0.39 is 10.0 Å². The molecule has 0 aliphatic carbocycles. The molecule has 0 spiro atoms. The van der Waals surface area contributed by atoms with Gasteiger partial charge < -0.3 is 4.57 Å². The lowest BCUT2D eigenvalue weighted by atomic mass is 10.1. The van der Waals surface area contributed by atoms with E-state index in [0.717, 1.165) is 34.6 Å². The molecular formula is C25H33N5O2S2. The lowest BCUT2D eigenvalue weighted by Crippen LogP contribution is -2.49. The van der Waals surface area contributed by atoms with Gasteiger partial charge in [-0.1, -0.05) is 41.5 Å². The van der Waals surface area contributed by atoms with Crippen molar-refractivity contribution in [2.45, 2.75) is 52.7 Å². The average Bonchev–Trinajstić information content (AvgIpc) is 3.08. The van der Waals surface area contributed by atoms with Gasteiger partial charge in [-0.2, -0.15) is 9.40 Å². The zero-order chi connectivity index (χ0) is 24.6. The molecule has 1 saturated heterocycles. The summed E-state index contributed by atoms with van der Waals surface area (Å²) in [4.78, 5) is 2.65. The summed E-state index contributed by atoms with van der Waals surface area (Å²) >= 11 is 5.73. The minimum absolute atomic E-state index is 0.443. The van der Waals surface area contributed by atoms with E-state index in [4.69, 9.17) is 17.3 Å². The van der Waals surface area contributed by atoms with Crippen LogP contribution >= 0.6 is 12.2 Å². The predicted octanol–water partition coefficient (Wildman–Crippen LogP) is 4.30. The highest BCUT2D eigenvalue weighted by molar-refractivity contribution is 7.89. The lowest BCUT2D eigenvalue weighted by molar-refractivity contribution is 0.144. The summed E-state index contributed by atoms with van der Waals surface area (Å²) in [6.07, 6.45) is 0. The topological polar surface area (TPSA) is 63.4 Å². The molecule has 34 heavy (non-hydrogen) atoms. The summed E-state index contributed by atoms with van der Waals surface area (Å²) in [6, 6.07) is 12.1. The Balaban J connectivity index is 1.50. The van der Waals surface area contributed by atoms with E-state index >= 15 is 0 Å². The number of benzene rings is 2. The van der Waals surface area contributed by atoms with Gasteiger partial charge in [-0.3, -0.25) is 4.90 Å². The van der Waals surface area contributed by atoms with Crippen molar-refractivity contribution in [2.75, 3.05) is 26.2 Å². The number of sulfonamides is 1. The maximum Gasteiger partial charge on any atom is 0.243 e. The van der Waals surface area contributed by atoms with Crippen LogP contribution in [0.25, 0.3) is 11.4 Å². The Morgan fingerprint density at radius 1 is 0.941 bits per heavy atom. The Morgan fingerprint density at radius 3 is 2.18 bits per heavy atom. The Labute approximate surface area is 207 Å². The molecule has 0 radical (unpaired) electrons. The Morgan fingerprint density at radius 2 is 1.59 bits per heavy atom. The Kier molecular flexibility index (Phi) is 7.09. The van der Waals surface area contributed by atoms with Crippen LogP contribution in [0.2, 0.25) is 0 Å². The minimum Gasteiger partial charge on any atom is -0.300 e. The molecule has 0 unspecified atom stereocenters. The molecule has 9 heteroatoms. The first-order chi connectivity index (χ1) is 16.1. The third-order valence-corrected chi connectivity index (χ3v) is 9.02. The van der Waals surface area contributed by atoms with Crippen LogP contribution in [-0.4, -0.2) is 58.1 Å². The molecule has 1 aliphatic rings. The maximum absolute atomic E-state index is 13.4. The highest BCUT2D eigenvalue weighted by Gasteiger charge is 2.31. The standard InChI is InChI=1S/C25H33N5O2S2/c1-6-29-24(22-9-7-8-18(2)16-22)26-30(25(29)33)17-27-10-12-28(13-11-27)34(31,32)23-20(4)14-19(3)15-21(23)5/h7-9,14-16H,6,10-13,17H2,1-5H3. The summed E-state index contributed by atoms with van der Waals surface area (Å²) in [7, 11) is -3.53. The van der Waals surface area contributed by atoms with Gasteiger partial charge in [-0.25, -0.2) is 13.1 Å². The summed E-state index contributed by atoms with van der Waals surface area (Å²) < 4.78 is 33.0. The number of aryl methyl sites for hydroxylation is 4. The Bertz CT molecular complexity index is 1340. The van der Waals surface area contributed by atoms with Crippen LogP contribution in [0.1, 0.15) is 29.2 Å². The summed E-state index contributed by atoms with van der Waals surface area (Å²) in [5, 5.41) is 4.83. The minimum atomic E-state index is -3.53. The van der Waals surface area contributed by atoms with Gasteiger partial charge in [0.05, 0.1) is 11.6 Å². The first-order valence-corrected chi connectivity index (χ1v) is 13.5. The molecule has 0 bridgehead atoms. The average molecular weight is 500 g/mol. The fourth-order valence-corrected chi connectivity index (χ4v) is 6.97. The third-order valence-electron chi connectivity index (χ3n) is 6.38. The monoisotopic (exact) mass is 499 g/mol. The van der Waals surface area contributed by atoms with E-state index in [1.165, 1.54) is 5.56 Å². The third kappa shape index (κ3) is 4.75. The van der Waals surface area contributed by atoms with Crippen LogP contribution in [0.15, 0.2) is 41.3 Å². The second-order valence-corrected chi connectivity index (χ2v) is 11.4. The molecule has 0 atom stereocenters. The van der Waals surface area contributed by atoms with Crippen molar-refractivity contribution >= 4 is 22.2 Å². The number of hydrogen-bond acceptors (Lipinski definition) is 5. The van der Waals surface area contributed by atoms with Gasteiger partial charge >= 0.3 is 0 Å². The zero-order valence-electron chi connectivity index (χ0n) is 20.6. The molecular weight excluding hydrogens is 466 g/mol. The van der Waals surface area contributed by atoms with Crippen LogP contribution in [0, 0.1) is 32.5 Å². The van der Waals surface area contributed by atoms with Gasteiger partial charge in [0, 0.05) is 38.3 Å². The van der Waals surface area contributed by atoms with Crippen molar-refractivity contribution in [3.05, 3.63) is 63.4 Å². The predicted molar refractivity (Wildman–Crippen MR) is 138 cm³/mol. The molecule has 1 aromatic heterocycles. The molecule has 7 nitrogen and oxygen atoms in total. The second-order valence-electron chi connectivity index (χ2n) is 9.11. The fraction of sp³-hybridized carbons (Fsp3) is 0.440. The van der Waals surface area contributed by atoms with E-state index in [2.05, 4.69) is 36.9 Å². The van der Waals surface area contributed by atoms with E-state index in [1.807, 2.05) is 48.2 Å². The molecule has 2 aromatic carbocycles. The number of piperazine rings is 1. The number of nitrogens with zero attached hydrogens (tertiary/aromatic N) is 5. The first-order valence-electron chi connectivity index (χ1n) is 11.7. The van der Waals surface area contributed by atoms with E-state index in [0.29, 0.717) is 42.5 Å². The van der Waals surface area contributed by atoms with Crippen LogP contribution < -0.4 is 0 Å². The molecule has 4 rings (SSSR count). The van der Waals surface area contributed by atoms with Crippen molar-refractivity contribution in [1.29, 1.82) is 0 Å². The molecule has 0 N–H and O–H groups in total. The van der Waals surface area contributed by atoms with Crippen molar-refractivity contribution in [2.24, 2.45) is 0 Å². The molecule has 1 fully saturated rings. The fourth-order valence-electron chi connectivity index (χ4n) is 4.82. The van der Waals surface area contributed by atoms with Crippen LogP contribution in [-0.2, 0) is 23.2 Å². The molecule has 0 amide bonds. The smallest absolute Gasteiger partial charge is 0.243 e. The number of aromatic nitrogens is 3. The second kappa shape index (κ2) is 9.73. The van der Waals surface area contributed by atoms with E-state index in [-0.39, 0.29) is 0 Å². The van der Waals surface area contributed by atoms with Crippen molar-refractivity contribution < 1.29 is 8.42 Å². The maximum atomic E-state index is 13.4.